The number of hydrogen-bond donors (Lipinski definition) is 3. The second-order valence-electron chi connectivity index (χ2n) is 5.60. The Bertz CT molecular complexity index is 760. The molecule has 1 aliphatic rings. The fraction of sp³-hybridized carbons (Fsp3) is 0.400. The molecule has 23 heavy (non-hydrogen) atoms. The van der Waals surface area contributed by atoms with Gasteiger partial charge in [0, 0.05) is 41.9 Å². The molecule has 0 radical (unpaired) electrons. The van der Waals surface area contributed by atoms with E-state index in [0.29, 0.717) is 11.8 Å². The van der Waals surface area contributed by atoms with E-state index in [4.69, 9.17) is 0 Å². The molecule has 2 heterocycles. The second-order valence-corrected chi connectivity index (χ2v) is 5.60. The van der Waals surface area contributed by atoms with Crippen LogP contribution in [-0.2, 0) is 6.18 Å². The van der Waals surface area contributed by atoms with Crippen LogP contribution >= 0.6 is 0 Å². The van der Waals surface area contributed by atoms with Crippen LogP contribution in [0.4, 0.5) is 18.9 Å². The third-order valence-electron chi connectivity index (χ3n) is 4.23. The van der Waals surface area contributed by atoms with E-state index in [9.17, 15) is 23.1 Å². The standard InChI is InChI=1S/C15H15F3N2O2.ClH/c16-15(17,18)12-7-14(22)19-13-4-3-9(6-11(12)13)20-5-1-2-10(20)8-21;/h3-4,6-7,10,21H,1-2,5,8H2,(H,19,22);1H/t10-;/m1./s1. The Labute approximate surface area is 136 Å². The first kappa shape index (κ1) is 17.8. The number of fused-ring (bicyclic) bond motifs is 1. The minimum absolute atomic E-state index is 0. The third kappa shape index (κ3) is 3.36. The van der Waals surface area contributed by atoms with Crippen LogP contribution in [0.3, 0.4) is 0 Å². The highest BCUT2D eigenvalue weighted by Gasteiger charge is 2.35. The lowest BCUT2D eigenvalue weighted by atomic mass is 10.1. The number of alkyl halides is 3. The summed E-state index contributed by atoms with van der Waals surface area (Å²) in [5, 5.41) is 9.37. The fourth-order valence-electron chi connectivity index (χ4n) is 3.19. The molecule has 1 fully saturated rings. The van der Waals surface area contributed by atoms with Crippen LogP contribution in [-0.4, -0.2) is 29.3 Å². The zero-order valence-electron chi connectivity index (χ0n) is 12.1. The number of aromatic nitrogens is 1. The first-order valence-corrected chi connectivity index (χ1v) is 7.11. The molecule has 1 unspecified atom stereocenters. The van der Waals surface area contributed by atoms with Crippen LogP contribution in [0.5, 0.6) is 0 Å². The molecule has 2 atom stereocenters. The van der Waals surface area contributed by atoms with Gasteiger partial charge in [-0.3, -0.25) is 9.69 Å². The van der Waals surface area contributed by atoms with Gasteiger partial charge in [-0.1, -0.05) is 0 Å². The Morgan fingerprint density at radius 2 is 2.04 bits per heavy atom. The van der Waals surface area contributed by atoms with Crippen LogP contribution in [0.15, 0.2) is 29.1 Å². The zero-order valence-corrected chi connectivity index (χ0v) is 12.8. The van der Waals surface area contributed by atoms with Crippen molar-refractivity contribution in [1.82, 2.24) is 4.98 Å². The number of rotatable bonds is 2. The predicted molar refractivity (Wildman–Crippen MR) is 75.2 cm³/mol. The van der Waals surface area contributed by atoms with Gasteiger partial charge in [-0.25, -0.2) is 0 Å². The molecule has 126 valence electrons. The zero-order chi connectivity index (χ0) is 15.9. The number of halogens is 4. The maximum Gasteiger partial charge on any atom is 0.417 e. The molecular formula is C15H16ClF3N2O2. The Kier molecular flexibility index (Phi) is 5.03. The number of H-pyrrole nitrogens is 1. The summed E-state index contributed by atoms with van der Waals surface area (Å²) in [6.07, 6.45) is -2.81. The summed E-state index contributed by atoms with van der Waals surface area (Å²) in [7, 11) is 0. The van der Waals surface area contributed by atoms with E-state index in [0.717, 1.165) is 24.3 Å². The van der Waals surface area contributed by atoms with Gasteiger partial charge in [0.15, 0.2) is 0 Å². The van der Waals surface area contributed by atoms with Gasteiger partial charge in [-0.2, -0.15) is 13.2 Å². The molecule has 0 bridgehead atoms. The number of pyridine rings is 1. The monoisotopic (exact) mass is 348 g/mol. The van der Waals surface area contributed by atoms with E-state index in [1.165, 1.54) is 12.1 Å². The minimum Gasteiger partial charge on any atom is -1.00 e. The van der Waals surface area contributed by atoms with E-state index in [1.54, 1.807) is 6.07 Å². The lowest BCUT2D eigenvalue weighted by molar-refractivity contribution is -0.846. The number of nitrogens with one attached hydrogen (secondary N) is 2. The van der Waals surface area contributed by atoms with Crippen molar-refractivity contribution in [2.45, 2.75) is 25.1 Å². The number of hydrogen-bond acceptors (Lipinski definition) is 2. The SMILES string of the molecule is O=c1cc(C(F)(F)F)c2cc([NH+]3CCC[C@@H]3CO)ccc2[nH]1.[Cl-]. The molecule has 1 aromatic heterocycles. The maximum atomic E-state index is 13.2. The van der Waals surface area contributed by atoms with Crippen molar-refractivity contribution in [1.29, 1.82) is 0 Å². The largest absolute Gasteiger partial charge is 1.00 e. The maximum absolute atomic E-state index is 13.2. The Morgan fingerprint density at radius 3 is 2.70 bits per heavy atom. The van der Waals surface area contributed by atoms with E-state index in [2.05, 4.69) is 4.98 Å². The Morgan fingerprint density at radius 1 is 1.30 bits per heavy atom. The molecule has 0 spiro atoms. The van der Waals surface area contributed by atoms with E-state index < -0.39 is 17.3 Å². The van der Waals surface area contributed by atoms with E-state index >= 15 is 0 Å². The molecule has 1 aromatic carbocycles. The molecule has 0 aliphatic carbocycles. The minimum atomic E-state index is -4.58. The summed E-state index contributed by atoms with van der Waals surface area (Å²) in [6.45, 7) is 0.784. The van der Waals surface area contributed by atoms with Gasteiger partial charge < -0.3 is 22.5 Å². The smallest absolute Gasteiger partial charge is 0.417 e. The topological polar surface area (TPSA) is 57.5 Å². The second kappa shape index (κ2) is 6.51. The van der Waals surface area contributed by atoms with Gasteiger partial charge in [0.2, 0.25) is 5.56 Å². The average molecular weight is 349 g/mol. The molecule has 1 aliphatic heterocycles. The normalized spacial score (nSPS) is 21.4. The molecule has 2 aromatic rings. The molecule has 8 heteroatoms. The van der Waals surface area contributed by atoms with Crippen molar-refractivity contribution < 1.29 is 35.6 Å². The molecule has 0 saturated carbocycles. The van der Waals surface area contributed by atoms with Crippen molar-refractivity contribution in [2.24, 2.45) is 0 Å². The fourth-order valence-corrected chi connectivity index (χ4v) is 3.19. The first-order chi connectivity index (χ1) is 10.4. The third-order valence-corrected chi connectivity index (χ3v) is 4.23. The van der Waals surface area contributed by atoms with Gasteiger partial charge in [-0.05, 0) is 6.07 Å². The molecular weight excluding hydrogens is 333 g/mol. The quantitative estimate of drug-likeness (QED) is 0.601. The van der Waals surface area contributed by atoms with E-state index in [-0.39, 0.29) is 36.0 Å². The predicted octanol–water partition coefficient (Wildman–Crippen LogP) is -1.78. The number of aromatic amines is 1. The number of aliphatic hydroxyl groups excluding tert-OH is 1. The van der Waals surface area contributed by atoms with Gasteiger partial charge in [0.05, 0.1) is 18.7 Å². The lowest BCUT2D eigenvalue weighted by Gasteiger charge is -2.20. The van der Waals surface area contributed by atoms with Crippen LogP contribution in [0.1, 0.15) is 18.4 Å². The highest BCUT2D eigenvalue weighted by Crippen LogP contribution is 2.33. The van der Waals surface area contributed by atoms with Crippen molar-refractivity contribution in [3.8, 4) is 0 Å². The number of benzene rings is 1. The molecule has 0 amide bonds. The number of aliphatic hydroxyl groups is 1. The molecule has 3 N–H and O–H groups in total. The highest BCUT2D eigenvalue weighted by molar-refractivity contribution is 5.84. The van der Waals surface area contributed by atoms with Crippen LogP contribution in [0.25, 0.3) is 10.9 Å². The van der Waals surface area contributed by atoms with Crippen molar-refractivity contribution in [3.05, 3.63) is 40.2 Å². The molecule has 1 saturated heterocycles. The first-order valence-electron chi connectivity index (χ1n) is 7.11. The summed E-state index contributed by atoms with van der Waals surface area (Å²) in [4.78, 5) is 14.8. The van der Waals surface area contributed by atoms with Gasteiger partial charge in [0.25, 0.3) is 0 Å². The Hall–Kier alpha value is -1.57. The highest BCUT2D eigenvalue weighted by atomic mass is 35.5. The summed E-state index contributed by atoms with van der Waals surface area (Å²) < 4.78 is 39.5. The van der Waals surface area contributed by atoms with Crippen molar-refractivity contribution in [2.75, 3.05) is 13.2 Å². The van der Waals surface area contributed by atoms with Crippen molar-refractivity contribution >= 4 is 16.6 Å². The van der Waals surface area contributed by atoms with Crippen LogP contribution in [0, 0.1) is 0 Å². The molecule has 4 nitrogen and oxygen atoms in total. The van der Waals surface area contributed by atoms with Gasteiger partial charge in [-0.15, -0.1) is 0 Å². The average Bonchev–Trinajstić information content (AvgIpc) is 2.93. The molecule has 3 rings (SSSR count). The summed E-state index contributed by atoms with van der Waals surface area (Å²) >= 11 is 0. The van der Waals surface area contributed by atoms with Crippen LogP contribution < -0.4 is 22.9 Å². The lowest BCUT2D eigenvalue weighted by Crippen LogP contribution is -3.09. The van der Waals surface area contributed by atoms with Crippen LogP contribution in [0.2, 0.25) is 0 Å². The van der Waals surface area contributed by atoms with Crippen molar-refractivity contribution in [3.63, 3.8) is 0 Å². The van der Waals surface area contributed by atoms with E-state index in [1.807, 2.05) is 0 Å². The summed E-state index contributed by atoms with van der Waals surface area (Å²) in [6, 6.07) is 5.28. The van der Waals surface area contributed by atoms with Gasteiger partial charge in [0.1, 0.15) is 11.7 Å². The summed E-state index contributed by atoms with van der Waals surface area (Å²) in [5.74, 6) is 0. The Balaban J connectivity index is 0.00000192. The summed E-state index contributed by atoms with van der Waals surface area (Å²) in [5.41, 5.74) is -0.814. The van der Waals surface area contributed by atoms with Gasteiger partial charge >= 0.3 is 6.18 Å². The number of quaternary nitrogens is 1.